The molecule has 0 saturated heterocycles. The maximum absolute atomic E-state index is 13.4. The normalized spacial score (nSPS) is 14.0. The van der Waals surface area contributed by atoms with Gasteiger partial charge in [0.05, 0.1) is 20.4 Å². The van der Waals surface area contributed by atoms with Gasteiger partial charge in [0, 0.05) is 30.3 Å². The van der Waals surface area contributed by atoms with Crippen molar-refractivity contribution in [2.24, 2.45) is 0 Å². The molecule has 2 aromatic carbocycles. The first-order chi connectivity index (χ1) is 14.0. The van der Waals surface area contributed by atoms with Crippen LogP contribution in [-0.4, -0.2) is 31.9 Å². The molecule has 1 aromatic heterocycles. The number of pyridine rings is 1. The van der Waals surface area contributed by atoms with Crippen LogP contribution in [0.25, 0.3) is 0 Å². The van der Waals surface area contributed by atoms with Crippen LogP contribution in [0.2, 0.25) is 0 Å². The van der Waals surface area contributed by atoms with E-state index in [1.54, 1.807) is 13.2 Å². The van der Waals surface area contributed by atoms with Gasteiger partial charge >= 0.3 is 0 Å². The molecule has 0 radical (unpaired) electrons. The molecule has 150 valence electrons. The number of nitrogens with zero attached hydrogens (tertiary/aromatic N) is 2. The second kappa shape index (κ2) is 7.73. The van der Waals surface area contributed by atoms with Crippen LogP contribution in [0, 0.1) is 0 Å². The monoisotopic (exact) mass is 412 g/mol. The molecule has 0 spiro atoms. The van der Waals surface area contributed by atoms with E-state index in [0.29, 0.717) is 28.7 Å². The Morgan fingerprint density at radius 3 is 2.41 bits per heavy atom. The number of rotatable bonds is 4. The first-order valence-corrected chi connectivity index (χ1v) is 10.4. The fourth-order valence-electron chi connectivity index (χ4n) is 3.20. The van der Waals surface area contributed by atoms with Gasteiger partial charge in [-0.05, 0) is 18.2 Å². The van der Waals surface area contributed by atoms with Crippen LogP contribution in [0.3, 0.4) is 0 Å². The van der Waals surface area contributed by atoms with Crippen LogP contribution in [-0.2, 0) is 23.1 Å². The average molecular weight is 412 g/mol. The van der Waals surface area contributed by atoms with Gasteiger partial charge < -0.3 is 14.2 Å². The number of para-hydroxylation sites is 2. The maximum atomic E-state index is 13.4. The molecule has 7 nitrogen and oxygen atoms in total. The van der Waals surface area contributed by atoms with Gasteiger partial charge in [0.25, 0.3) is 0 Å². The lowest BCUT2D eigenvalue weighted by Gasteiger charge is -2.27. The van der Waals surface area contributed by atoms with Crippen LogP contribution in [0.5, 0.6) is 23.1 Å². The molecule has 0 saturated carbocycles. The number of hydrogen-bond donors (Lipinski definition) is 0. The maximum Gasteiger partial charge on any atom is 0.245 e. The second-order valence-corrected chi connectivity index (χ2v) is 8.41. The molecule has 0 atom stereocenters. The van der Waals surface area contributed by atoms with E-state index in [1.165, 1.54) is 29.7 Å². The standard InChI is InChI=1S/C21H20N2O5S/c1-26-19-9-5-7-16-14-23(13-15-6-3-4-8-18(15)28-21(16)19)29(24,25)17-10-11-20(27-2)22-12-17/h3-12H,13-14H2,1-2H3. The zero-order chi connectivity index (χ0) is 20.4. The van der Waals surface area contributed by atoms with Gasteiger partial charge in [-0.25, -0.2) is 13.4 Å². The highest BCUT2D eigenvalue weighted by Crippen LogP contribution is 2.40. The Hall–Kier alpha value is -3.10. The SMILES string of the molecule is COc1ccc(S(=O)(=O)N2Cc3ccccc3Oc3c(cccc3OC)C2)cn1. The van der Waals surface area contributed by atoms with Crippen molar-refractivity contribution in [3.63, 3.8) is 0 Å². The summed E-state index contributed by atoms with van der Waals surface area (Å²) in [7, 11) is -0.774. The average Bonchev–Trinajstić information content (AvgIpc) is 2.73. The van der Waals surface area contributed by atoms with E-state index in [4.69, 9.17) is 14.2 Å². The fourth-order valence-corrected chi connectivity index (χ4v) is 4.54. The number of fused-ring (bicyclic) bond motifs is 2. The highest BCUT2D eigenvalue weighted by Gasteiger charge is 2.30. The molecule has 0 bridgehead atoms. The van der Waals surface area contributed by atoms with Gasteiger partial charge in [0.1, 0.15) is 10.6 Å². The van der Waals surface area contributed by atoms with Crippen LogP contribution >= 0.6 is 0 Å². The highest BCUT2D eigenvalue weighted by molar-refractivity contribution is 7.89. The molecule has 1 aliphatic heterocycles. The molecule has 0 aliphatic carbocycles. The molecule has 1 aliphatic rings. The summed E-state index contributed by atoms with van der Waals surface area (Å²) < 4.78 is 44.8. The van der Waals surface area contributed by atoms with Gasteiger partial charge in [-0.2, -0.15) is 4.31 Å². The third-order valence-electron chi connectivity index (χ3n) is 4.71. The minimum atomic E-state index is -3.81. The number of sulfonamides is 1. The first kappa shape index (κ1) is 19.2. The Bertz CT molecular complexity index is 1130. The van der Waals surface area contributed by atoms with E-state index >= 15 is 0 Å². The van der Waals surface area contributed by atoms with Crippen molar-refractivity contribution < 1.29 is 22.6 Å². The third kappa shape index (κ3) is 3.64. The summed E-state index contributed by atoms with van der Waals surface area (Å²) in [6.45, 7) is 0.302. The molecular weight excluding hydrogens is 392 g/mol. The lowest BCUT2D eigenvalue weighted by molar-refractivity contribution is 0.344. The second-order valence-electron chi connectivity index (χ2n) is 6.47. The molecule has 29 heavy (non-hydrogen) atoms. The molecule has 2 heterocycles. The van der Waals surface area contributed by atoms with Gasteiger partial charge in [0.2, 0.25) is 15.9 Å². The van der Waals surface area contributed by atoms with Crippen molar-refractivity contribution in [2.75, 3.05) is 14.2 Å². The summed E-state index contributed by atoms with van der Waals surface area (Å²) in [5, 5.41) is 0. The highest BCUT2D eigenvalue weighted by atomic mass is 32.2. The molecule has 0 N–H and O–H groups in total. The molecular formula is C21H20N2O5S. The van der Waals surface area contributed by atoms with Crippen LogP contribution in [0.1, 0.15) is 11.1 Å². The quantitative estimate of drug-likeness (QED) is 0.652. The summed E-state index contributed by atoms with van der Waals surface area (Å²) in [5.41, 5.74) is 1.47. The molecule has 0 fully saturated rings. The first-order valence-electron chi connectivity index (χ1n) is 8.95. The molecule has 0 amide bonds. The predicted molar refractivity (Wildman–Crippen MR) is 107 cm³/mol. The van der Waals surface area contributed by atoms with E-state index in [2.05, 4.69) is 4.98 Å². The number of ether oxygens (including phenoxy) is 3. The van der Waals surface area contributed by atoms with Crippen molar-refractivity contribution in [1.82, 2.24) is 9.29 Å². The van der Waals surface area contributed by atoms with Crippen LogP contribution in [0.4, 0.5) is 0 Å². The molecule has 3 aromatic rings. The van der Waals surface area contributed by atoms with E-state index in [9.17, 15) is 8.42 Å². The van der Waals surface area contributed by atoms with Gasteiger partial charge in [0.15, 0.2) is 11.5 Å². The van der Waals surface area contributed by atoms with E-state index in [1.807, 2.05) is 36.4 Å². The number of hydrogen-bond acceptors (Lipinski definition) is 6. The van der Waals surface area contributed by atoms with Crippen molar-refractivity contribution in [2.45, 2.75) is 18.0 Å². The van der Waals surface area contributed by atoms with E-state index in [0.717, 1.165) is 5.56 Å². The lowest BCUT2D eigenvalue weighted by atomic mass is 10.1. The summed E-state index contributed by atoms with van der Waals surface area (Å²) in [6, 6.07) is 15.8. The number of methoxy groups -OCH3 is 2. The van der Waals surface area contributed by atoms with Crippen molar-refractivity contribution >= 4 is 10.0 Å². The Morgan fingerprint density at radius 1 is 0.931 bits per heavy atom. The van der Waals surface area contributed by atoms with Crippen LogP contribution < -0.4 is 14.2 Å². The molecule has 8 heteroatoms. The number of aromatic nitrogens is 1. The minimum absolute atomic E-state index is 0.0988. The molecule has 0 unspecified atom stereocenters. The van der Waals surface area contributed by atoms with E-state index < -0.39 is 10.0 Å². The minimum Gasteiger partial charge on any atom is -0.493 e. The van der Waals surface area contributed by atoms with Crippen molar-refractivity contribution in [3.8, 4) is 23.1 Å². The smallest absolute Gasteiger partial charge is 0.245 e. The summed E-state index contributed by atoms with van der Waals surface area (Å²) in [5.74, 6) is 1.99. The molecule has 4 rings (SSSR count). The summed E-state index contributed by atoms with van der Waals surface area (Å²) in [6.07, 6.45) is 1.31. The van der Waals surface area contributed by atoms with Crippen LogP contribution in [0.15, 0.2) is 65.7 Å². The Kier molecular flexibility index (Phi) is 5.12. The Morgan fingerprint density at radius 2 is 1.69 bits per heavy atom. The summed E-state index contributed by atoms with van der Waals surface area (Å²) in [4.78, 5) is 4.14. The van der Waals surface area contributed by atoms with Gasteiger partial charge in [-0.15, -0.1) is 0 Å². The van der Waals surface area contributed by atoms with E-state index in [-0.39, 0.29) is 18.0 Å². The van der Waals surface area contributed by atoms with Crippen molar-refractivity contribution in [3.05, 3.63) is 71.9 Å². The lowest BCUT2D eigenvalue weighted by Crippen LogP contribution is -2.31. The zero-order valence-corrected chi connectivity index (χ0v) is 16.8. The predicted octanol–water partition coefficient (Wildman–Crippen LogP) is 3.60. The number of benzene rings is 2. The fraction of sp³-hybridized carbons (Fsp3) is 0.190. The zero-order valence-electron chi connectivity index (χ0n) is 16.0. The topological polar surface area (TPSA) is 78.0 Å². The third-order valence-corrected chi connectivity index (χ3v) is 6.49. The summed E-state index contributed by atoms with van der Waals surface area (Å²) >= 11 is 0. The van der Waals surface area contributed by atoms with Crippen molar-refractivity contribution in [1.29, 1.82) is 0 Å². The Balaban J connectivity index is 1.83. The Labute approximate surface area is 169 Å². The van der Waals surface area contributed by atoms with Gasteiger partial charge in [-0.1, -0.05) is 30.3 Å². The van der Waals surface area contributed by atoms with Gasteiger partial charge in [-0.3, -0.25) is 0 Å². The largest absolute Gasteiger partial charge is 0.493 e.